The van der Waals surface area contributed by atoms with Gasteiger partial charge in [-0.3, -0.25) is 0 Å². The highest BCUT2D eigenvalue weighted by molar-refractivity contribution is 5.48. The van der Waals surface area contributed by atoms with Crippen LogP contribution in [0.5, 0.6) is 0 Å². The third-order valence-corrected chi connectivity index (χ3v) is 3.64. The molecule has 19 heavy (non-hydrogen) atoms. The summed E-state index contributed by atoms with van der Waals surface area (Å²) in [6, 6.07) is 9.13. The predicted molar refractivity (Wildman–Crippen MR) is 85.7 cm³/mol. The van der Waals surface area contributed by atoms with Gasteiger partial charge in [0.25, 0.3) is 0 Å². The Morgan fingerprint density at radius 1 is 1.21 bits per heavy atom. The van der Waals surface area contributed by atoms with Gasteiger partial charge in [0.15, 0.2) is 0 Å². The molecule has 0 saturated heterocycles. The molecule has 1 aromatic rings. The fourth-order valence-corrected chi connectivity index (χ4v) is 2.50. The van der Waals surface area contributed by atoms with Crippen LogP contribution in [0.15, 0.2) is 24.3 Å². The molecule has 2 nitrogen and oxygen atoms in total. The van der Waals surface area contributed by atoms with Crippen molar-refractivity contribution in [3.05, 3.63) is 29.8 Å². The molecular formula is C17H30N2. The normalized spacial score (nSPS) is 14.2. The molecule has 0 aliphatic carbocycles. The zero-order valence-corrected chi connectivity index (χ0v) is 13.0. The van der Waals surface area contributed by atoms with E-state index < -0.39 is 0 Å². The lowest BCUT2D eigenvalue weighted by molar-refractivity contribution is 0.475. The first-order valence-electron chi connectivity index (χ1n) is 7.60. The van der Waals surface area contributed by atoms with Crippen molar-refractivity contribution in [1.29, 1.82) is 0 Å². The number of hydrogen-bond acceptors (Lipinski definition) is 2. The Balaban J connectivity index is 2.47. The molecule has 2 atom stereocenters. The smallest absolute Gasteiger partial charge is 0.0368 e. The Morgan fingerprint density at radius 2 is 1.95 bits per heavy atom. The molecule has 1 rings (SSSR count). The lowest BCUT2D eigenvalue weighted by atomic mass is 10.0. The topological polar surface area (TPSA) is 29.3 Å². The summed E-state index contributed by atoms with van der Waals surface area (Å²) in [5, 5.41) is 0. The van der Waals surface area contributed by atoms with Crippen molar-refractivity contribution in [3.8, 4) is 0 Å². The van der Waals surface area contributed by atoms with E-state index in [-0.39, 0.29) is 0 Å². The van der Waals surface area contributed by atoms with Crippen molar-refractivity contribution in [2.75, 3.05) is 18.0 Å². The number of hydrogen-bond donors (Lipinski definition) is 1. The Hall–Kier alpha value is -1.02. The van der Waals surface area contributed by atoms with Gasteiger partial charge in [0.2, 0.25) is 0 Å². The van der Waals surface area contributed by atoms with E-state index in [1.807, 2.05) is 0 Å². The number of anilines is 1. The van der Waals surface area contributed by atoms with Crippen LogP contribution in [0.2, 0.25) is 0 Å². The van der Waals surface area contributed by atoms with Crippen molar-refractivity contribution in [3.63, 3.8) is 0 Å². The highest BCUT2D eigenvalue weighted by Crippen LogP contribution is 2.19. The van der Waals surface area contributed by atoms with Crippen LogP contribution in [-0.4, -0.2) is 19.1 Å². The molecule has 2 unspecified atom stereocenters. The van der Waals surface area contributed by atoms with Crippen LogP contribution in [0, 0.1) is 12.8 Å². The van der Waals surface area contributed by atoms with E-state index in [2.05, 4.69) is 56.9 Å². The van der Waals surface area contributed by atoms with Crippen LogP contribution in [0.3, 0.4) is 0 Å². The number of nitrogens with two attached hydrogens (primary N) is 1. The molecule has 0 bridgehead atoms. The largest absolute Gasteiger partial charge is 0.372 e. The molecule has 0 spiro atoms. The zero-order chi connectivity index (χ0) is 14.3. The van der Waals surface area contributed by atoms with Gasteiger partial charge in [0.05, 0.1) is 0 Å². The number of benzene rings is 1. The van der Waals surface area contributed by atoms with Crippen molar-refractivity contribution < 1.29 is 0 Å². The Morgan fingerprint density at radius 3 is 2.53 bits per heavy atom. The predicted octanol–water partition coefficient (Wildman–Crippen LogP) is 3.97. The molecule has 0 amide bonds. The molecule has 0 radical (unpaired) electrons. The Labute approximate surface area is 119 Å². The van der Waals surface area contributed by atoms with Crippen molar-refractivity contribution in [2.24, 2.45) is 11.7 Å². The van der Waals surface area contributed by atoms with E-state index in [1.165, 1.54) is 24.1 Å². The molecule has 0 fully saturated rings. The van der Waals surface area contributed by atoms with Crippen molar-refractivity contribution >= 4 is 5.69 Å². The third kappa shape index (κ3) is 6.11. The fourth-order valence-electron chi connectivity index (χ4n) is 2.50. The maximum absolute atomic E-state index is 5.80. The van der Waals surface area contributed by atoms with E-state index in [0.717, 1.165) is 25.4 Å². The van der Waals surface area contributed by atoms with Gasteiger partial charge in [0.1, 0.15) is 0 Å². The lowest BCUT2D eigenvalue weighted by Gasteiger charge is -2.27. The third-order valence-electron chi connectivity index (χ3n) is 3.64. The minimum Gasteiger partial charge on any atom is -0.372 e. The average molecular weight is 262 g/mol. The monoisotopic (exact) mass is 262 g/mol. The number of aryl methyl sites for hydroxylation is 1. The Kier molecular flexibility index (Phi) is 6.93. The van der Waals surface area contributed by atoms with E-state index in [0.29, 0.717) is 6.04 Å². The minimum atomic E-state index is 0.339. The SMILES string of the molecule is CCN(CC(C)CCCC(C)N)c1cccc(C)c1. The summed E-state index contributed by atoms with van der Waals surface area (Å²) in [5.74, 6) is 0.721. The second-order valence-corrected chi connectivity index (χ2v) is 5.89. The van der Waals surface area contributed by atoms with Gasteiger partial charge in [-0.05, 0) is 57.2 Å². The minimum absolute atomic E-state index is 0.339. The van der Waals surface area contributed by atoms with Gasteiger partial charge in [-0.2, -0.15) is 0 Å². The summed E-state index contributed by atoms with van der Waals surface area (Å²) in [5.41, 5.74) is 8.49. The molecule has 0 heterocycles. The van der Waals surface area contributed by atoms with Gasteiger partial charge >= 0.3 is 0 Å². The molecule has 0 saturated carbocycles. The van der Waals surface area contributed by atoms with Crippen molar-refractivity contribution in [1.82, 2.24) is 0 Å². The first kappa shape index (κ1) is 16.0. The fraction of sp³-hybridized carbons (Fsp3) is 0.647. The number of nitrogens with zero attached hydrogens (tertiary/aromatic N) is 1. The maximum Gasteiger partial charge on any atom is 0.0368 e. The van der Waals surface area contributed by atoms with Crippen LogP contribution in [0.1, 0.15) is 45.6 Å². The van der Waals surface area contributed by atoms with E-state index in [4.69, 9.17) is 5.73 Å². The molecule has 0 aliphatic rings. The van der Waals surface area contributed by atoms with Gasteiger partial charge in [-0.15, -0.1) is 0 Å². The molecule has 2 N–H and O–H groups in total. The maximum atomic E-state index is 5.80. The highest BCUT2D eigenvalue weighted by atomic mass is 15.1. The summed E-state index contributed by atoms with van der Waals surface area (Å²) in [6.07, 6.45) is 3.65. The molecule has 108 valence electrons. The lowest BCUT2D eigenvalue weighted by Crippen LogP contribution is -2.28. The van der Waals surface area contributed by atoms with E-state index >= 15 is 0 Å². The van der Waals surface area contributed by atoms with Crippen LogP contribution in [0.25, 0.3) is 0 Å². The van der Waals surface area contributed by atoms with Crippen LogP contribution in [-0.2, 0) is 0 Å². The summed E-state index contributed by atoms with van der Waals surface area (Å²) in [6.45, 7) is 11.0. The van der Waals surface area contributed by atoms with Crippen LogP contribution < -0.4 is 10.6 Å². The second kappa shape index (κ2) is 8.21. The summed E-state index contributed by atoms with van der Waals surface area (Å²) in [7, 11) is 0. The molecule has 2 heteroatoms. The highest BCUT2D eigenvalue weighted by Gasteiger charge is 2.10. The Bertz CT molecular complexity index is 360. The second-order valence-electron chi connectivity index (χ2n) is 5.89. The van der Waals surface area contributed by atoms with Crippen LogP contribution in [0.4, 0.5) is 5.69 Å². The standard InChI is InChI=1S/C17H30N2/c1-5-19(17-11-7-8-14(2)12-17)13-15(3)9-6-10-16(4)18/h7-8,11-12,15-16H,5-6,9-10,13,18H2,1-4H3. The molecule has 0 aromatic heterocycles. The van der Waals surface area contributed by atoms with E-state index in [9.17, 15) is 0 Å². The van der Waals surface area contributed by atoms with Gasteiger partial charge in [-0.1, -0.05) is 25.5 Å². The molecular weight excluding hydrogens is 232 g/mol. The van der Waals surface area contributed by atoms with Crippen LogP contribution >= 0.6 is 0 Å². The van der Waals surface area contributed by atoms with Crippen molar-refractivity contribution in [2.45, 2.75) is 53.0 Å². The number of rotatable bonds is 8. The van der Waals surface area contributed by atoms with Gasteiger partial charge in [-0.25, -0.2) is 0 Å². The average Bonchev–Trinajstić information content (AvgIpc) is 2.35. The first-order valence-corrected chi connectivity index (χ1v) is 7.60. The molecule has 0 aliphatic heterocycles. The first-order chi connectivity index (χ1) is 9.02. The van der Waals surface area contributed by atoms with E-state index in [1.54, 1.807) is 0 Å². The summed E-state index contributed by atoms with van der Waals surface area (Å²) in [4.78, 5) is 2.48. The zero-order valence-electron chi connectivity index (χ0n) is 13.0. The summed E-state index contributed by atoms with van der Waals surface area (Å²) < 4.78 is 0. The summed E-state index contributed by atoms with van der Waals surface area (Å²) >= 11 is 0. The van der Waals surface area contributed by atoms with Gasteiger partial charge in [0, 0.05) is 24.8 Å². The molecule has 1 aromatic carbocycles. The van der Waals surface area contributed by atoms with Gasteiger partial charge < -0.3 is 10.6 Å². The quantitative estimate of drug-likeness (QED) is 0.768.